The molecule has 0 saturated heterocycles. The molecule has 7 heterocycles. The minimum absolute atomic E-state index is 0.617. The summed E-state index contributed by atoms with van der Waals surface area (Å²) in [5, 5.41) is 4.79. The minimum Gasteiger partial charge on any atom is -0.255 e. The van der Waals surface area contributed by atoms with Crippen molar-refractivity contribution in [1.82, 2.24) is 29.9 Å². The number of rotatable bonds is 4. The molecule has 6 nitrogen and oxygen atoms in total. The van der Waals surface area contributed by atoms with Crippen molar-refractivity contribution in [2.24, 2.45) is 0 Å². The standard InChI is InChI=1S/C34H20N6S2Si/c1-3-13-35-21(7-1)23-9-5-11-25(37-23)33-39-27-15-19-20-16-28-30(18-32(20)43-31(19)17-29(27)41-33)42-34(40-28)26-12-6-10-24(38-26)22-8-2-4-14-36-22/h1-18H,43H2. The molecule has 0 aliphatic carbocycles. The van der Waals surface area contributed by atoms with Crippen molar-refractivity contribution in [3.63, 3.8) is 0 Å². The summed E-state index contributed by atoms with van der Waals surface area (Å²) >= 11 is 3.42. The van der Waals surface area contributed by atoms with Crippen LogP contribution in [0.2, 0.25) is 0 Å². The molecule has 0 radical (unpaired) electrons. The van der Waals surface area contributed by atoms with Gasteiger partial charge in [0.1, 0.15) is 10.0 Å². The molecular weight excluding hydrogens is 585 g/mol. The van der Waals surface area contributed by atoms with Gasteiger partial charge in [-0.05, 0) is 83.9 Å². The van der Waals surface area contributed by atoms with E-state index in [0.29, 0.717) is 0 Å². The lowest BCUT2D eigenvalue weighted by atomic mass is 10.1. The monoisotopic (exact) mass is 604 g/mol. The first-order chi connectivity index (χ1) is 21.2. The van der Waals surface area contributed by atoms with Gasteiger partial charge in [-0.15, -0.1) is 22.7 Å². The van der Waals surface area contributed by atoms with Gasteiger partial charge in [-0.2, -0.15) is 0 Å². The van der Waals surface area contributed by atoms with Gasteiger partial charge in [0.2, 0.25) is 0 Å². The highest BCUT2D eigenvalue weighted by molar-refractivity contribution is 7.22. The number of thiazole rings is 2. The summed E-state index contributed by atoms with van der Waals surface area (Å²) in [7, 11) is -0.617. The Balaban J connectivity index is 1.07. The van der Waals surface area contributed by atoms with Gasteiger partial charge in [-0.25, -0.2) is 19.9 Å². The smallest absolute Gasteiger partial charge is 0.143 e. The number of hydrogen-bond acceptors (Lipinski definition) is 8. The molecule has 6 aromatic heterocycles. The van der Waals surface area contributed by atoms with Crippen LogP contribution in [-0.4, -0.2) is 39.4 Å². The van der Waals surface area contributed by atoms with Crippen LogP contribution in [0.15, 0.2) is 109 Å². The first kappa shape index (κ1) is 24.6. The van der Waals surface area contributed by atoms with Gasteiger partial charge in [-0.1, -0.05) is 34.6 Å². The lowest BCUT2D eigenvalue weighted by Crippen LogP contribution is -2.20. The van der Waals surface area contributed by atoms with Crippen LogP contribution >= 0.6 is 22.7 Å². The van der Waals surface area contributed by atoms with Crippen LogP contribution in [0.3, 0.4) is 0 Å². The molecule has 202 valence electrons. The second-order valence-corrected chi connectivity index (χ2v) is 14.4. The highest BCUT2D eigenvalue weighted by Gasteiger charge is 2.23. The minimum atomic E-state index is -0.617. The molecule has 1 aliphatic rings. The van der Waals surface area contributed by atoms with Crippen molar-refractivity contribution in [3.05, 3.63) is 109 Å². The first-order valence-electron chi connectivity index (χ1n) is 13.9. The molecule has 9 rings (SSSR count). The Kier molecular flexibility index (Phi) is 5.61. The van der Waals surface area contributed by atoms with Gasteiger partial charge in [0.15, 0.2) is 0 Å². The second kappa shape index (κ2) is 9.81. The van der Waals surface area contributed by atoms with Crippen molar-refractivity contribution in [3.8, 4) is 55.3 Å². The summed E-state index contributed by atoms with van der Waals surface area (Å²) in [6.07, 6.45) is 3.59. The van der Waals surface area contributed by atoms with E-state index in [-0.39, 0.29) is 0 Å². The predicted molar refractivity (Wildman–Crippen MR) is 179 cm³/mol. The second-order valence-electron chi connectivity index (χ2n) is 10.4. The Labute approximate surface area is 256 Å². The molecule has 43 heavy (non-hydrogen) atoms. The molecule has 0 fully saturated rings. The molecule has 9 heteroatoms. The molecule has 2 aromatic carbocycles. The maximum atomic E-state index is 5.03. The maximum absolute atomic E-state index is 5.03. The lowest BCUT2D eigenvalue weighted by Gasteiger charge is -2.02. The Bertz CT molecular complexity index is 2170. The van der Waals surface area contributed by atoms with Crippen molar-refractivity contribution >= 4 is 63.0 Å². The zero-order chi connectivity index (χ0) is 28.3. The quantitative estimate of drug-likeness (QED) is 0.221. The van der Waals surface area contributed by atoms with E-state index in [1.54, 1.807) is 35.1 Å². The Hall–Kier alpha value is -4.96. The predicted octanol–water partition coefficient (Wildman–Crippen LogP) is 6.25. The van der Waals surface area contributed by atoms with Gasteiger partial charge in [-0.3, -0.25) is 9.97 Å². The number of pyridine rings is 4. The molecule has 8 aromatic rings. The molecule has 0 atom stereocenters. The largest absolute Gasteiger partial charge is 0.255 e. The highest BCUT2D eigenvalue weighted by atomic mass is 32.1. The number of aromatic nitrogens is 6. The average molecular weight is 605 g/mol. The number of hydrogen-bond donors (Lipinski definition) is 0. The summed E-state index contributed by atoms with van der Waals surface area (Å²) in [4.78, 5) is 28.8. The Morgan fingerprint density at radius 3 is 1.37 bits per heavy atom. The van der Waals surface area contributed by atoms with Crippen LogP contribution < -0.4 is 10.4 Å². The summed E-state index contributed by atoms with van der Waals surface area (Å²) in [6, 6.07) is 33.1. The zero-order valence-electron chi connectivity index (χ0n) is 22.6. The van der Waals surface area contributed by atoms with Gasteiger partial charge >= 0.3 is 0 Å². The Morgan fingerprint density at radius 1 is 0.442 bits per heavy atom. The lowest BCUT2D eigenvalue weighted by molar-refractivity contribution is 1.24. The summed E-state index contributed by atoms with van der Waals surface area (Å²) in [5.41, 5.74) is 9.80. The highest BCUT2D eigenvalue weighted by Crippen LogP contribution is 2.36. The molecule has 0 unspecified atom stereocenters. The topological polar surface area (TPSA) is 77.3 Å². The fourth-order valence-electron chi connectivity index (χ4n) is 5.67. The molecule has 0 spiro atoms. The van der Waals surface area contributed by atoms with Crippen LogP contribution in [0, 0.1) is 0 Å². The number of fused-ring (bicyclic) bond motifs is 5. The van der Waals surface area contributed by atoms with Crippen LogP contribution in [0.1, 0.15) is 0 Å². The van der Waals surface area contributed by atoms with E-state index in [9.17, 15) is 0 Å². The Morgan fingerprint density at radius 2 is 0.907 bits per heavy atom. The maximum Gasteiger partial charge on any atom is 0.143 e. The van der Waals surface area contributed by atoms with Gasteiger partial charge in [0, 0.05) is 12.4 Å². The zero-order valence-corrected chi connectivity index (χ0v) is 25.6. The fourth-order valence-corrected chi connectivity index (χ4v) is 9.92. The molecule has 1 aliphatic heterocycles. The number of nitrogens with zero attached hydrogens (tertiary/aromatic N) is 6. The van der Waals surface area contributed by atoms with Crippen LogP contribution in [0.4, 0.5) is 0 Å². The molecule has 0 amide bonds. The van der Waals surface area contributed by atoms with E-state index in [0.717, 1.165) is 55.2 Å². The average Bonchev–Trinajstić information content (AvgIpc) is 3.78. The van der Waals surface area contributed by atoms with Gasteiger partial charge in [0.25, 0.3) is 0 Å². The SMILES string of the molecule is c1ccc(-c2cccc(-c3nc4cc5c(cc4s3)[SiH2]c3cc4sc(-c6cccc(-c7ccccn7)n6)nc4cc3-5)n2)nc1. The normalized spacial score (nSPS) is 12.1. The van der Waals surface area contributed by atoms with Crippen LogP contribution in [-0.2, 0) is 0 Å². The molecule has 0 bridgehead atoms. The molecular formula is C34H20N6S2Si. The fraction of sp³-hybridized carbons (Fsp3) is 0. The third-order valence-electron chi connectivity index (χ3n) is 7.69. The van der Waals surface area contributed by atoms with E-state index in [2.05, 4.69) is 34.2 Å². The van der Waals surface area contributed by atoms with Crippen molar-refractivity contribution in [1.29, 1.82) is 0 Å². The van der Waals surface area contributed by atoms with Crippen molar-refractivity contribution in [2.75, 3.05) is 0 Å². The summed E-state index contributed by atoms with van der Waals surface area (Å²) in [5.74, 6) is 0. The van der Waals surface area contributed by atoms with Crippen LogP contribution in [0.5, 0.6) is 0 Å². The van der Waals surface area contributed by atoms with Crippen LogP contribution in [0.25, 0.3) is 75.7 Å². The summed E-state index contributed by atoms with van der Waals surface area (Å²) in [6.45, 7) is 0. The van der Waals surface area contributed by atoms with E-state index >= 15 is 0 Å². The molecule has 0 saturated carbocycles. The molecule has 0 N–H and O–H groups in total. The van der Waals surface area contributed by atoms with E-state index in [4.69, 9.17) is 19.9 Å². The third kappa shape index (κ3) is 4.28. The van der Waals surface area contributed by atoms with Gasteiger partial charge in [0.05, 0.1) is 64.1 Å². The number of benzene rings is 2. The van der Waals surface area contributed by atoms with E-state index < -0.39 is 9.52 Å². The van der Waals surface area contributed by atoms with E-state index in [1.165, 1.54) is 30.9 Å². The van der Waals surface area contributed by atoms with E-state index in [1.807, 2.05) is 72.8 Å². The summed E-state index contributed by atoms with van der Waals surface area (Å²) < 4.78 is 2.42. The first-order valence-corrected chi connectivity index (χ1v) is 16.9. The van der Waals surface area contributed by atoms with Crippen molar-refractivity contribution in [2.45, 2.75) is 0 Å². The van der Waals surface area contributed by atoms with Gasteiger partial charge < -0.3 is 0 Å². The van der Waals surface area contributed by atoms with Crippen molar-refractivity contribution < 1.29 is 0 Å². The third-order valence-corrected chi connectivity index (χ3v) is 11.7.